The second-order valence-electron chi connectivity index (χ2n) is 12.6. The topological polar surface area (TPSA) is 72.9 Å². The number of aryl methyl sites for hydroxylation is 2. The van der Waals surface area contributed by atoms with Gasteiger partial charge in [-0.2, -0.15) is 0 Å². The number of benzene rings is 1. The Kier molecular flexibility index (Phi) is 8.95. The molecule has 218 valence electrons. The van der Waals surface area contributed by atoms with Crippen LogP contribution in [0.2, 0.25) is 0 Å². The van der Waals surface area contributed by atoms with Crippen LogP contribution in [-0.4, -0.2) is 60.4 Å². The summed E-state index contributed by atoms with van der Waals surface area (Å²) in [4.78, 5) is 20.5. The lowest BCUT2D eigenvalue weighted by molar-refractivity contribution is -0.161. The highest BCUT2D eigenvalue weighted by Crippen LogP contribution is 2.38. The summed E-state index contributed by atoms with van der Waals surface area (Å²) >= 11 is 0. The fraction of sp³-hybridized carbons (Fsp3) is 0.625. The summed E-state index contributed by atoms with van der Waals surface area (Å²) in [6.45, 7) is 11.2. The maximum atomic E-state index is 14.7. The van der Waals surface area contributed by atoms with Gasteiger partial charge >= 0.3 is 5.97 Å². The van der Waals surface area contributed by atoms with Gasteiger partial charge in [-0.05, 0) is 94.9 Å². The van der Waals surface area contributed by atoms with Gasteiger partial charge in [0.2, 0.25) is 0 Å². The molecule has 1 N–H and O–H groups in total. The van der Waals surface area contributed by atoms with Gasteiger partial charge in [0.15, 0.2) is 0 Å². The number of rotatable bonds is 9. The number of likely N-dealkylation sites (tertiary alicyclic amines) is 1. The second kappa shape index (κ2) is 12.4. The summed E-state index contributed by atoms with van der Waals surface area (Å²) in [6, 6.07) is 6.58. The molecular formula is C32H44FN3O4. The zero-order valence-corrected chi connectivity index (χ0v) is 24.4. The van der Waals surface area contributed by atoms with Gasteiger partial charge < -0.3 is 19.5 Å². The molecular weight excluding hydrogens is 509 g/mol. The zero-order valence-electron chi connectivity index (χ0n) is 24.4. The number of aromatic nitrogens is 1. The van der Waals surface area contributed by atoms with Crippen LogP contribution < -0.4 is 10.1 Å². The van der Waals surface area contributed by atoms with E-state index in [1.807, 2.05) is 20.8 Å². The molecule has 1 aromatic heterocycles. The summed E-state index contributed by atoms with van der Waals surface area (Å²) < 4.78 is 32.7. The van der Waals surface area contributed by atoms with Crippen LogP contribution in [0.3, 0.4) is 0 Å². The van der Waals surface area contributed by atoms with Gasteiger partial charge in [-0.25, -0.2) is 14.2 Å². The lowest BCUT2D eigenvalue weighted by atomic mass is 9.90. The molecule has 2 aromatic rings. The molecule has 40 heavy (non-hydrogen) atoms. The van der Waals surface area contributed by atoms with E-state index in [9.17, 15) is 9.18 Å². The number of pyridine rings is 1. The third kappa shape index (κ3) is 7.13. The van der Waals surface area contributed by atoms with Crippen LogP contribution in [0, 0.1) is 11.7 Å². The average molecular weight is 554 g/mol. The van der Waals surface area contributed by atoms with E-state index in [1.165, 1.54) is 24.1 Å². The number of hydrogen-bond donors (Lipinski definition) is 1. The van der Waals surface area contributed by atoms with Crippen LogP contribution in [0.5, 0.6) is 5.75 Å². The lowest BCUT2D eigenvalue weighted by Gasteiger charge is -2.33. The van der Waals surface area contributed by atoms with E-state index in [-0.39, 0.29) is 12.1 Å². The number of fused-ring (bicyclic) bond motifs is 2. The molecule has 0 aliphatic carbocycles. The zero-order chi connectivity index (χ0) is 28.3. The molecule has 3 unspecified atom stereocenters. The van der Waals surface area contributed by atoms with Gasteiger partial charge in [0.1, 0.15) is 29.0 Å². The number of anilines is 1. The summed E-state index contributed by atoms with van der Waals surface area (Å²) in [7, 11) is 0. The van der Waals surface area contributed by atoms with Crippen molar-refractivity contribution in [2.75, 3.05) is 38.2 Å². The maximum Gasteiger partial charge on any atom is 0.328 e. The molecule has 1 fully saturated rings. The number of unbranched alkanes of at least 4 members (excludes halogenated alkanes) is 1. The predicted molar refractivity (Wildman–Crippen MR) is 153 cm³/mol. The van der Waals surface area contributed by atoms with E-state index in [4.69, 9.17) is 19.2 Å². The van der Waals surface area contributed by atoms with Crippen LogP contribution in [0.1, 0.15) is 81.8 Å². The minimum absolute atomic E-state index is 0.0237. The van der Waals surface area contributed by atoms with E-state index in [2.05, 4.69) is 29.3 Å². The van der Waals surface area contributed by atoms with Crippen molar-refractivity contribution in [1.82, 2.24) is 9.88 Å². The predicted octanol–water partition coefficient (Wildman–Crippen LogP) is 5.65. The van der Waals surface area contributed by atoms with Crippen molar-refractivity contribution >= 4 is 11.8 Å². The molecule has 0 saturated carbocycles. The summed E-state index contributed by atoms with van der Waals surface area (Å²) in [6.07, 6.45) is 6.75. The highest BCUT2D eigenvalue weighted by molar-refractivity contribution is 5.79. The first kappa shape index (κ1) is 28.8. The number of halogens is 1. The van der Waals surface area contributed by atoms with Crippen LogP contribution in [0.25, 0.3) is 0 Å². The number of carbonyl (C=O) groups is 1. The minimum Gasteiger partial charge on any atom is -0.493 e. The number of esters is 1. The molecule has 0 bridgehead atoms. The largest absolute Gasteiger partial charge is 0.493 e. The molecule has 0 amide bonds. The van der Waals surface area contributed by atoms with Crippen molar-refractivity contribution in [2.24, 2.45) is 5.92 Å². The standard InChI is InChI=1S/C32H44FN3O4/c1-21-16-26-27(17-23(33)18-28(26)39-20-21)29(31(37)40-32(2,3)4)36-14-12-25(19-36)38-15-6-5-9-24-11-10-22-8-7-13-34-30(22)35-24/h10-11,17-18,21,25,29H,5-9,12-16,19-20H2,1-4H3,(H,34,35). The summed E-state index contributed by atoms with van der Waals surface area (Å²) in [5.41, 5.74) is 3.35. The minimum atomic E-state index is -0.699. The smallest absolute Gasteiger partial charge is 0.328 e. The number of ether oxygens (including phenoxy) is 3. The number of hydrogen-bond acceptors (Lipinski definition) is 7. The molecule has 0 radical (unpaired) electrons. The Hall–Kier alpha value is -2.71. The molecule has 0 spiro atoms. The van der Waals surface area contributed by atoms with Gasteiger partial charge in [-0.15, -0.1) is 0 Å². The van der Waals surface area contributed by atoms with Crippen molar-refractivity contribution in [2.45, 2.75) is 90.4 Å². The third-order valence-corrected chi connectivity index (χ3v) is 7.88. The lowest BCUT2D eigenvalue weighted by Crippen LogP contribution is -2.39. The Morgan fingerprint density at radius 1 is 1.27 bits per heavy atom. The average Bonchev–Trinajstić information content (AvgIpc) is 3.36. The molecule has 1 aromatic carbocycles. The van der Waals surface area contributed by atoms with Crippen LogP contribution in [-0.2, 0) is 33.5 Å². The van der Waals surface area contributed by atoms with E-state index in [0.717, 1.165) is 62.1 Å². The summed E-state index contributed by atoms with van der Waals surface area (Å²) in [5.74, 6) is 1.13. The van der Waals surface area contributed by atoms with Gasteiger partial charge in [0.25, 0.3) is 0 Å². The van der Waals surface area contributed by atoms with Gasteiger partial charge in [0.05, 0.1) is 12.7 Å². The van der Waals surface area contributed by atoms with Crippen molar-refractivity contribution in [3.63, 3.8) is 0 Å². The number of nitrogens with one attached hydrogen (secondary N) is 1. The molecule has 4 heterocycles. The van der Waals surface area contributed by atoms with Gasteiger partial charge in [0, 0.05) is 43.6 Å². The first-order chi connectivity index (χ1) is 19.2. The normalized spacial score (nSPS) is 21.6. The molecule has 3 aliphatic heterocycles. The number of nitrogens with zero attached hydrogens (tertiary/aromatic N) is 2. The Bertz CT molecular complexity index is 1200. The molecule has 5 rings (SSSR count). The Labute approximate surface area is 237 Å². The quantitative estimate of drug-likeness (QED) is 0.318. The molecule has 3 aliphatic rings. The van der Waals surface area contributed by atoms with E-state index in [1.54, 1.807) is 0 Å². The Balaban J connectivity index is 1.20. The highest BCUT2D eigenvalue weighted by Gasteiger charge is 2.39. The highest BCUT2D eigenvalue weighted by atomic mass is 19.1. The monoisotopic (exact) mass is 553 g/mol. The summed E-state index contributed by atoms with van der Waals surface area (Å²) in [5, 5.41) is 3.41. The van der Waals surface area contributed by atoms with Crippen molar-refractivity contribution in [1.29, 1.82) is 0 Å². The molecule has 7 nitrogen and oxygen atoms in total. The van der Waals surface area contributed by atoms with Crippen LogP contribution >= 0.6 is 0 Å². The fourth-order valence-corrected chi connectivity index (χ4v) is 5.98. The first-order valence-electron chi connectivity index (χ1n) is 14.9. The SMILES string of the molecule is CC1COc2cc(F)cc(C(C(=O)OC(C)(C)C)N3CCC(OCCCCc4ccc5c(n4)NCCC5)C3)c2C1. The van der Waals surface area contributed by atoms with Crippen molar-refractivity contribution in [3.05, 3.63) is 52.5 Å². The third-order valence-electron chi connectivity index (χ3n) is 7.88. The Morgan fingerprint density at radius 2 is 2.12 bits per heavy atom. The Morgan fingerprint density at radius 3 is 2.95 bits per heavy atom. The van der Waals surface area contributed by atoms with Gasteiger partial charge in [-0.1, -0.05) is 13.0 Å². The second-order valence-corrected chi connectivity index (χ2v) is 12.6. The van der Waals surface area contributed by atoms with Gasteiger partial charge in [-0.3, -0.25) is 4.90 Å². The first-order valence-corrected chi connectivity index (χ1v) is 14.9. The maximum absolute atomic E-state index is 14.7. The van der Waals surface area contributed by atoms with Crippen molar-refractivity contribution < 1.29 is 23.4 Å². The van der Waals surface area contributed by atoms with E-state index >= 15 is 0 Å². The molecule has 8 heteroatoms. The van der Waals surface area contributed by atoms with E-state index < -0.39 is 17.5 Å². The van der Waals surface area contributed by atoms with Crippen LogP contribution in [0.15, 0.2) is 24.3 Å². The van der Waals surface area contributed by atoms with Crippen molar-refractivity contribution in [3.8, 4) is 5.75 Å². The van der Waals surface area contributed by atoms with E-state index in [0.29, 0.717) is 43.5 Å². The number of carbonyl (C=O) groups excluding carboxylic acids is 1. The van der Waals surface area contributed by atoms with Crippen LogP contribution in [0.4, 0.5) is 10.2 Å². The molecule has 3 atom stereocenters. The fourth-order valence-electron chi connectivity index (χ4n) is 5.98. The molecule has 1 saturated heterocycles.